The van der Waals surface area contributed by atoms with Crippen molar-refractivity contribution in [2.24, 2.45) is 0 Å². The van der Waals surface area contributed by atoms with Gasteiger partial charge in [-0.15, -0.1) is 0 Å². The highest BCUT2D eigenvalue weighted by atomic mass is 16.1. The van der Waals surface area contributed by atoms with Gasteiger partial charge in [0.05, 0.1) is 0 Å². The highest BCUT2D eigenvalue weighted by Gasteiger charge is 2.19. The van der Waals surface area contributed by atoms with E-state index in [1.165, 1.54) is 0 Å². The molecule has 1 aliphatic rings. The first-order chi connectivity index (χ1) is 5.61. The summed E-state index contributed by atoms with van der Waals surface area (Å²) in [5.41, 5.74) is 0. The molecule has 1 amide bonds. The molecule has 0 aromatic carbocycles. The van der Waals surface area contributed by atoms with E-state index >= 15 is 0 Å². The lowest BCUT2D eigenvalue weighted by atomic mass is 10.1. The first kappa shape index (κ1) is 9.58. The van der Waals surface area contributed by atoms with Gasteiger partial charge in [-0.2, -0.15) is 0 Å². The van der Waals surface area contributed by atoms with Crippen LogP contribution in [0, 0.1) is 0 Å². The minimum Gasteiger partial charge on any atom is -0.349 e. The van der Waals surface area contributed by atoms with Crippen LogP contribution in [0.3, 0.4) is 0 Å². The number of hydrogen-bond acceptors (Lipinski definition) is 2. The summed E-state index contributed by atoms with van der Waals surface area (Å²) in [6, 6.07) is 0.610. The molecule has 12 heavy (non-hydrogen) atoms. The van der Waals surface area contributed by atoms with Crippen LogP contribution in [0.5, 0.6) is 0 Å². The number of rotatable bonds is 1. The molecule has 0 saturated carbocycles. The minimum absolute atomic E-state index is 0.207. The van der Waals surface area contributed by atoms with E-state index in [4.69, 9.17) is 0 Å². The Labute approximate surface area is 75.1 Å². The summed E-state index contributed by atoms with van der Waals surface area (Å²) in [6.07, 6.45) is 0. The van der Waals surface area contributed by atoms with Gasteiger partial charge in [0.15, 0.2) is 5.81 Å². The molecule has 4 heteroatoms. The van der Waals surface area contributed by atoms with Crippen molar-refractivity contribution in [1.29, 1.82) is 0 Å². The molecule has 1 aliphatic heterocycles. The van der Waals surface area contributed by atoms with Crippen LogP contribution in [0.15, 0.2) is 0 Å². The van der Waals surface area contributed by atoms with E-state index in [0.29, 0.717) is 6.04 Å². The molecular weight excluding hydrogens is 151 g/mol. The van der Waals surface area contributed by atoms with Gasteiger partial charge < -0.3 is 4.90 Å². The van der Waals surface area contributed by atoms with Gasteiger partial charge in [0, 0.05) is 32.2 Å². The monoisotopic (exact) mass is 168 g/mol. The lowest BCUT2D eigenvalue weighted by molar-refractivity contribution is 0.129. The van der Waals surface area contributed by atoms with E-state index in [2.05, 4.69) is 18.7 Å². The Morgan fingerprint density at radius 1 is 1.25 bits per heavy atom. The molecule has 0 aromatic rings. The summed E-state index contributed by atoms with van der Waals surface area (Å²) < 4.78 is 0. The molecule has 3 nitrogen and oxygen atoms in total. The zero-order valence-electron chi connectivity index (χ0n) is 8.21. The molecule has 0 bridgehead atoms. The molecule has 0 aliphatic carbocycles. The van der Waals surface area contributed by atoms with Gasteiger partial charge in [-0.05, 0) is 13.8 Å². The Balaban J connectivity index is 2.34. The molecular formula is C8H17BN2O. The molecule has 68 valence electrons. The zero-order chi connectivity index (χ0) is 9.14. The van der Waals surface area contributed by atoms with Crippen LogP contribution in [0.4, 0.5) is 4.79 Å². The lowest BCUT2D eigenvalue weighted by Gasteiger charge is -2.36. The molecule has 1 saturated heterocycles. The molecule has 0 atom stereocenters. The van der Waals surface area contributed by atoms with Gasteiger partial charge in [0.2, 0.25) is 7.85 Å². The summed E-state index contributed by atoms with van der Waals surface area (Å²) >= 11 is 0. The predicted molar refractivity (Wildman–Crippen MR) is 52.2 cm³/mol. The Morgan fingerprint density at radius 3 is 2.08 bits per heavy atom. The average molecular weight is 168 g/mol. The molecule has 0 N–H and O–H groups in total. The Bertz CT molecular complexity index is 164. The van der Waals surface area contributed by atoms with Gasteiger partial charge >= 0.3 is 0 Å². The standard InChI is InChI=1S/C8H17BN2O/c1-7(2)10-3-5-11(6-4-10)8(9)12/h7H,3-6,9H2,1-2H3. The molecule has 0 aromatic heterocycles. The Kier molecular flexibility index (Phi) is 3.15. The van der Waals surface area contributed by atoms with E-state index in [-0.39, 0.29) is 5.81 Å². The third-order valence-corrected chi connectivity index (χ3v) is 2.49. The van der Waals surface area contributed by atoms with E-state index in [1.807, 2.05) is 4.90 Å². The topological polar surface area (TPSA) is 23.6 Å². The summed E-state index contributed by atoms with van der Waals surface area (Å²) in [7, 11) is 1.64. The first-order valence-electron chi connectivity index (χ1n) is 4.61. The molecule has 0 unspecified atom stereocenters. The molecule has 1 heterocycles. The number of piperazine rings is 1. The predicted octanol–water partition coefficient (Wildman–Crippen LogP) is -0.235. The number of amides is 1. The van der Waals surface area contributed by atoms with Crippen molar-refractivity contribution >= 4 is 13.7 Å². The maximum atomic E-state index is 11.0. The van der Waals surface area contributed by atoms with Gasteiger partial charge in [-0.3, -0.25) is 9.69 Å². The van der Waals surface area contributed by atoms with E-state index in [9.17, 15) is 4.79 Å². The van der Waals surface area contributed by atoms with Crippen LogP contribution in [0.2, 0.25) is 0 Å². The van der Waals surface area contributed by atoms with Gasteiger partial charge in [-0.25, -0.2) is 0 Å². The zero-order valence-corrected chi connectivity index (χ0v) is 8.21. The number of carbonyl (C=O) groups excluding carboxylic acids is 1. The van der Waals surface area contributed by atoms with Crippen LogP contribution in [0.1, 0.15) is 13.8 Å². The summed E-state index contributed by atoms with van der Waals surface area (Å²) in [5, 5.41) is 0. The van der Waals surface area contributed by atoms with Crippen LogP contribution >= 0.6 is 0 Å². The fourth-order valence-corrected chi connectivity index (χ4v) is 1.55. The van der Waals surface area contributed by atoms with E-state index in [1.54, 1.807) is 7.85 Å². The quantitative estimate of drug-likeness (QED) is 0.504. The van der Waals surface area contributed by atoms with Crippen LogP contribution in [0.25, 0.3) is 0 Å². The van der Waals surface area contributed by atoms with E-state index < -0.39 is 0 Å². The van der Waals surface area contributed by atoms with Crippen molar-refractivity contribution in [3.05, 3.63) is 0 Å². The minimum atomic E-state index is 0.207. The molecule has 1 fully saturated rings. The largest absolute Gasteiger partial charge is 0.349 e. The van der Waals surface area contributed by atoms with Crippen molar-refractivity contribution in [1.82, 2.24) is 9.80 Å². The third kappa shape index (κ3) is 2.24. The summed E-state index contributed by atoms with van der Waals surface area (Å²) in [5.74, 6) is 0.207. The summed E-state index contributed by atoms with van der Waals surface area (Å²) in [6.45, 7) is 8.24. The fourth-order valence-electron chi connectivity index (χ4n) is 1.55. The van der Waals surface area contributed by atoms with Gasteiger partial charge in [0.1, 0.15) is 0 Å². The Morgan fingerprint density at radius 2 is 1.75 bits per heavy atom. The number of nitrogens with zero attached hydrogens (tertiary/aromatic N) is 2. The highest BCUT2D eigenvalue weighted by molar-refractivity contribution is 6.56. The van der Waals surface area contributed by atoms with Gasteiger partial charge in [0.25, 0.3) is 0 Å². The van der Waals surface area contributed by atoms with Crippen molar-refractivity contribution in [2.45, 2.75) is 19.9 Å². The van der Waals surface area contributed by atoms with Crippen molar-refractivity contribution in [3.63, 3.8) is 0 Å². The normalized spacial score (nSPS) is 20.1. The second-order valence-electron chi connectivity index (χ2n) is 3.64. The highest BCUT2D eigenvalue weighted by Crippen LogP contribution is 2.05. The van der Waals surface area contributed by atoms with Crippen molar-refractivity contribution in [3.8, 4) is 0 Å². The van der Waals surface area contributed by atoms with Crippen LogP contribution < -0.4 is 0 Å². The van der Waals surface area contributed by atoms with Crippen molar-refractivity contribution in [2.75, 3.05) is 26.2 Å². The second-order valence-corrected chi connectivity index (χ2v) is 3.64. The average Bonchev–Trinajstić information content (AvgIpc) is 2.04. The maximum Gasteiger partial charge on any atom is 0.215 e. The lowest BCUT2D eigenvalue weighted by Crippen LogP contribution is -2.50. The number of carbonyl (C=O) groups is 1. The number of hydrogen-bond donors (Lipinski definition) is 0. The van der Waals surface area contributed by atoms with Crippen molar-refractivity contribution < 1.29 is 4.79 Å². The summed E-state index contributed by atoms with van der Waals surface area (Å²) in [4.78, 5) is 15.3. The molecule has 0 radical (unpaired) electrons. The Hall–Kier alpha value is -0.505. The smallest absolute Gasteiger partial charge is 0.215 e. The first-order valence-corrected chi connectivity index (χ1v) is 4.61. The van der Waals surface area contributed by atoms with Crippen LogP contribution in [-0.2, 0) is 0 Å². The molecule has 1 rings (SSSR count). The van der Waals surface area contributed by atoms with Gasteiger partial charge in [-0.1, -0.05) is 0 Å². The molecule has 0 spiro atoms. The van der Waals surface area contributed by atoms with Crippen LogP contribution in [-0.4, -0.2) is 55.7 Å². The second kappa shape index (κ2) is 3.94. The third-order valence-electron chi connectivity index (χ3n) is 2.49. The SMILES string of the molecule is BC(=O)N1CCN(C(C)C)CC1. The maximum absolute atomic E-state index is 11.0. The fraction of sp³-hybridized carbons (Fsp3) is 0.875. The van der Waals surface area contributed by atoms with E-state index in [0.717, 1.165) is 26.2 Å².